The van der Waals surface area contributed by atoms with Crippen LogP contribution >= 0.6 is 0 Å². The molecule has 1 aliphatic heterocycles. The molecule has 0 radical (unpaired) electrons. The summed E-state index contributed by atoms with van der Waals surface area (Å²) in [6.45, 7) is 3.09. The van der Waals surface area contributed by atoms with E-state index in [9.17, 15) is 14.7 Å². The van der Waals surface area contributed by atoms with E-state index in [1.165, 1.54) is 0 Å². The largest absolute Gasteiger partial charge is 0.481 e. The maximum atomic E-state index is 11.9. The molecule has 1 saturated carbocycles. The zero-order chi connectivity index (χ0) is 13.3. The first-order valence-corrected chi connectivity index (χ1v) is 6.39. The highest BCUT2D eigenvalue weighted by atomic mass is 16.4. The average Bonchev–Trinajstić information content (AvgIpc) is 3.11. The average molecular weight is 256 g/mol. The van der Waals surface area contributed by atoms with Crippen molar-refractivity contribution in [1.29, 1.82) is 0 Å². The van der Waals surface area contributed by atoms with Crippen LogP contribution in [0.15, 0.2) is 0 Å². The molecule has 1 aliphatic carbocycles. The van der Waals surface area contributed by atoms with E-state index in [1.54, 1.807) is 4.90 Å². The van der Waals surface area contributed by atoms with Gasteiger partial charge in [0.15, 0.2) is 0 Å². The van der Waals surface area contributed by atoms with Crippen LogP contribution in [0.2, 0.25) is 0 Å². The Labute approximate surface area is 106 Å². The number of nitrogens with zero attached hydrogens (tertiary/aromatic N) is 1. The summed E-state index contributed by atoms with van der Waals surface area (Å²) in [5, 5.41) is 21.4. The first-order valence-electron chi connectivity index (χ1n) is 6.39. The van der Waals surface area contributed by atoms with Crippen molar-refractivity contribution in [3.8, 4) is 0 Å². The number of urea groups is 1. The summed E-state index contributed by atoms with van der Waals surface area (Å²) < 4.78 is 0. The van der Waals surface area contributed by atoms with Gasteiger partial charge in [-0.2, -0.15) is 0 Å². The van der Waals surface area contributed by atoms with Crippen LogP contribution in [-0.2, 0) is 4.79 Å². The number of piperidine rings is 1. The summed E-state index contributed by atoms with van der Waals surface area (Å²) in [5.41, 5.74) is -0.739. The van der Waals surface area contributed by atoms with Gasteiger partial charge >= 0.3 is 12.0 Å². The number of nitrogens with one attached hydrogen (secondary N) is 1. The van der Waals surface area contributed by atoms with Gasteiger partial charge in [0.2, 0.25) is 0 Å². The van der Waals surface area contributed by atoms with Crippen LogP contribution in [0.1, 0.15) is 26.2 Å². The molecule has 102 valence electrons. The molecule has 2 fully saturated rings. The number of hydrogen-bond donors (Lipinski definition) is 3. The van der Waals surface area contributed by atoms with Crippen LogP contribution < -0.4 is 5.32 Å². The molecule has 2 amide bonds. The number of hydrogen-bond acceptors (Lipinski definition) is 3. The molecule has 2 aliphatic rings. The zero-order valence-electron chi connectivity index (χ0n) is 10.6. The Bertz CT molecular complexity index is 354. The molecule has 18 heavy (non-hydrogen) atoms. The lowest BCUT2D eigenvalue weighted by Gasteiger charge is -2.34. The number of carboxylic acids is 1. The van der Waals surface area contributed by atoms with Crippen LogP contribution in [-0.4, -0.2) is 52.9 Å². The number of likely N-dealkylation sites (tertiary alicyclic amines) is 1. The number of aliphatic carboxylic acids is 1. The van der Waals surface area contributed by atoms with Crippen molar-refractivity contribution in [3.63, 3.8) is 0 Å². The lowest BCUT2D eigenvalue weighted by molar-refractivity contribution is -0.143. The van der Waals surface area contributed by atoms with E-state index in [0.29, 0.717) is 25.9 Å². The van der Waals surface area contributed by atoms with Crippen molar-refractivity contribution in [3.05, 3.63) is 0 Å². The van der Waals surface area contributed by atoms with E-state index >= 15 is 0 Å². The van der Waals surface area contributed by atoms with Gasteiger partial charge in [-0.15, -0.1) is 0 Å². The minimum atomic E-state index is -0.838. The first-order chi connectivity index (χ1) is 8.44. The Hall–Kier alpha value is -1.30. The standard InChI is InChI=1S/C12H20N2O4/c1-8-2-5-14(6-9(8)15)11(18)13-7-12(3-4-12)10(16)17/h8-9,15H,2-7H2,1H3,(H,13,18)(H,16,17). The van der Waals surface area contributed by atoms with E-state index in [0.717, 1.165) is 6.42 Å². The van der Waals surface area contributed by atoms with Crippen molar-refractivity contribution >= 4 is 12.0 Å². The van der Waals surface area contributed by atoms with Gasteiger partial charge in [-0.05, 0) is 25.2 Å². The third-order valence-electron chi connectivity index (χ3n) is 4.09. The molecule has 6 nitrogen and oxygen atoms in total. The van der Waals surface area contributed by atoms with Crippen molar-refractivity contribution in [2.75, 3.05) is 19.6 Å². The van der Waals surface area contributed by atoms with E-state index in [2.05, 4.69) is 5.32 Å². The summed E-state index contributed by atoms with van der Waals surface area (Å²) in [6, 6.07) is -0.270. The Kier molecular flexibility index (Phi) is 3.47. The number of rotatable bonds is 3. The molecule has 3 N–H and O–H groups in total. The molecule has 6 heteroatoms. The van der Waals surface area contributed by atoms with Gasteiger partial charge in [0.25, 0.3) is 0 Å². The van der Waals surface area contributed by atoms with Crippen molar-refractivity contribution in [1.82, 2.24) is 10.2 Å². The number of carbonyl (C=O) groups excluding carboxylic acids is 1. The SMILES string of the molecule is CC1CCN(C(=O)NCC2(C(=O)O)CC2)CC1O. The predicted octanol–water partition coefficient (Wildman–Crippen LogP) is 0.263. The quantitative estimate of drug-likeness (QED) is 0.676. The summed E-state index contributed by atoms with van der Waals surface area (Å²) in [7, 11) is 0. The molecule has 0 aromatic carbocycles. The first kappa shape index (κ1) is 13.1. The number of carboxylic acid groups (broad SMARTS) is 1. The van der Waals surface area contributed by atoms with Crippen LogP contribution in [0.25, 0.3) is 0 Å². The molecular weight excluding hydrogens is 236 g/mol. The topological polar surface area (TPSA) is 89.9 Å². The highest BCUT2D eigenvalue weighted by Gasteiger charge is 2.50. The van der Waals surface area contributed by atoms with E-state index in [-0.39, 0.29) is 18.5 Å². The number of aliphatic hydroxyl groups excluding tert-OH is 1. The summed E-state index contributed by atoms with van der Waals surface area (Å²) >= 11 is 0. The minimum Gasteiger partial charge on any atom is -0.481 e. The third-order valence-corrected chi connectivity index (χ3v) is 4.09. The molecule has 0 aromatic heterocycles. The number of carbonyl (C=O) groups is 2. The molecule has 1 heterocycles. The van der Waals surface area contributed by atoms with Crippen LogP contribution in [0.3, 0.4) is 0 Å². The van der Waals surface area contributed by atoms with Gasteiger partial charge < -0.3 is 20.4 Å². The smallest absolute Gasteiger partial charge is 0.317 e. The molecule has 0 aromatic rings. The van der Waals surface area contributed by atoms with E-state index in [4.69, 9.17) is 5.11 Å². The van der Waals surface area contributed by atoms with Gasteiger partial charge in [0.1, 0.15) is 0 Å². The maximum Gasteiger partial charge on any atom is 0.317 e. The highest BCUT2D eigenvalue weighted by Crippen LogP contribution is 2.45. The van der Waals surface area contributed by atoms with E-state index in [1.807, 2.05) is 6.92 Å². The minimum absolute atomic E-state index is 0.184. The fourth-order valence-electron chi connectivity index (χ4n) is 2.21. The normalized spacial score (nSPS) is 29.8. The lowest BCUT2D eigenvalue weighted by Crippen LogP contribution is -2.50. The molecule has 2 atom stereocenters. The van der Waals surface area contributed by atoms with E-state index < -0.39 is 17.5 Å². The van der Waals surface area contributed by atoms with Gasteiger partial charge in [-0.1, -0.05) is 6.92 Å². The predicted molar refractivity (Wildman–Crippen MR) is 64.1 cm³/mol. The Morgan fingerprint density at radius 1 is 1.44 bits per heavy atom. The fourth-order valence-corrected chi connectivity index (χ4v) is 2.21. The number of amides is 2. The van der Waals surface area contributed by atoms with Gasteiger partial charge in [-0.25, -0.2) is 4.79 Å². The second-order valence-electron chi connectivity index (χ2n) is 5.52. The molecule has 1 saturated heterocycles. The van der Waals surface area contributed by atoms with Crippen molar-refractivity contribution in [2.24, 2.45) is 11.3 Å². The Balaban J connectivity index is 1.80. The highest BCUT2D eigenvalue weighted by molar-refractivity contribution is 5.80. The van der Waals surface area contributed by atoms with Crippen LogP contribution in [0.5, 0.6) is 0 Å². The monoisotopic (exact) mass is 256 g/mol. The molecule has 2 unspecified atom stereocenters. The third kappa shape index (κ3) is 2.58. The summed E-state index contributed by atoms with van der Waals surface area (Å²) in [4.78, 5) is 24.4. The molecule has 2 rings (SSSR count). The second kappa shape index (κ2) is 4.76. The Morgan fingerprint density at radius 2 is 2.11 bits per heavy atom. The lowest BCUT2D eigenvalue weighted by atomic mass is 9.96. The summed E-state index contributed by atoms with van der Waals surface area (Å²) in [6.07, 6.45) is 1.54. The molecular formula is C12H20N2O4. The second-order valence-corrected chi connectivity index (χ2v) is 5.52. The fraction of sp³-hybridized carbons (Fsp3) is 0.833. The number of β-amino-alcohol motifs (C(OH)–C–C–N with tert-alkyl or cyclic N) is 1. The number of aliphatic hydroxyl groups is 1. The summed E-state index contributed by atoms with van der Waals surface area (Å²) in [5.74, 6) is -0.627. The van der Waals surface area contributed by atoms with Gasteiger partial charge in [0, 0.05) is 19.6 Å². The van der Waals surface area contributed by atoms with Crippen molar-refractivity contribution < 1.29 is 19.8 Å². The van der Waals surface area contributed by atoms with Crippen molar-refractivity contribution in [2.45, 2.75) is 32.3 Å². The Morgan fingerprint density at radius 3 is 2.61 bits per heavy atom. The van der Waals surface area contributed by atoms with Gasteiger partial charge in [0.05, 0.1) is 11.5 Å². The molecule has 0 spiro atoms. The van der Waals surface area contributed by atoms with Gasteiger partial charge in [-0.3, -0.25) is 4.79 Å². The van der Waals surface area contributed by atoms with Crippen LogP contribution in [0.4, 0.5) is 4.79 Å². The zero-order valence-corrected chi connectivity index (χ0v) is 10.6. The van der Waals surface area contributed by atoms with Crippen LogP contribution in [0, 0.1) is 11.3 Å². The maximum absolute atomic E-state index is 11.9. The molecule has 0 bridgehead atoms.